The van der Waals surface area contributed by atoms with E-state index in [2.05, 4.69) is 20.5 Å². The number of urea groups is 1. The van der Waals surface area contributed by atoms with Crippen LogP contribution in [0.1, 0.15) is 36.6 Å². The van der Waals surface area contributed by atoms with Crippen LogP contribution in [0.4, 0.5) is 4.79 Å². The number of aromatic amines is 1. The second-order valence-electron chi connectivity index (χ2n) is 6.42. The fraction of sp³-hybridized carbons (Fsp3) is 0.389. The zero-order valence-corrected chi connectivity index (χ0v) is 14.1. The number of piperidine rings is 1. The van der Waals surface area contributed by atoms with Crippen molar-refractivity contribution in [3.8, 4) is 0 Å². The average molecular weight is 338 g/mol. The zero-order valence-electron chi connectivity index (χ0n) is 14.1. The van der Waals surface area contributed by atoms with Crippen molar-refractivity contribution >= 4 is 11.7 Å². The molecule has 1 atom stereocenters. The Labute approximate surface area is 146 Å². The Morgan fingerprint density at radius 2 is 2.32 bits per heavy atom. The van der Waals surface area contributed by atoms with Crippen molar-refractivity contribution in [2.45, 2.75) is 31.7 Å². The Hall–Kier alpha value is -2.83. The number of carbonyl (C=O) groups excluding carboxylic acids is 1. The molecule has 130 valence electrons. The van der Waals surface area contributed by atoms with Gasteiger partial charge in [-0.1, -0.05) is 6.07 Å². The topological polar surface area (TPSA) is 78.3 Å². The largest absolute Gasteiger partial charge is 0.338 e. The minimum absolute atomic E-state index is 0.00494. The summed E-state index contributed by atoms with van der Waals surface area (Å²) in [6.07, 6.45) is 11.6. The molecule has 3 aromatic rings. The Morgan fingerprint density at radius 1 is 1.36 bits per heavy atom. The van der Waals surface area contributed by atoms with Crippen molar-refractivity contribution in [2.24, 2.45) is 0 Å². The summed E-state index contributed by atoms with van der Waals surface area (Å²) in [7, 11) is 0. The molecule has 7 heteroatoms. The third kappa shape index (κ3) is 3.35. The molecule has 1 aliphatic rings. The standard InChI is InChI=1S/C18H22N6O/c25-18(24-10-4-1-5-16(24)14-11-20-21-12-14)19-8-7-15-13-23-9-3-2-6-17(23)22-15/h2-3,6,9,11-13,16H,1,4-5,7-8,10H2,(H,19,25)(H,20,21)/t16-/m0/s1. The number of rotatable bonds is 4. The van der Waals surface area contributed by atoms with Gasteiger partial charge in [-0.05, 0) is 31.4 Å². The second-order valence-corrected chi connectivity index (χ2v) is 6.42. The summed E-state index contributed by atoms with van der Waals surface area (Å²) in [6.45, 7) is 1.37. The van der Waals surface area contributed by atoms with Crippen LogP contribution >= 0.6 is 0 Å². The molecule has 1 saturated heterocycles. The molecule has 0 unspecified atom stereocenters. The van der Waals surface area contributed by atoms with Gasteiger partial charge in [-0.25, -0.2) is 9.78 Å². The molecule has 25 heavy (non-hydrogen) atoms. The quantitative estimate of drug-likeness (QED) is 0.767. The van der Waals surface area contributed by atoms with Crippen molar-refractivity contribution in [1.82, 2.24) is 29.8 Å². The van der Waals surface area contributed by atoms with Gasteiger partial charge in [-0.3, -0.25) is 5.10 Å². The summed E-state index contributed by atoms with van der Waals surface area (Å²) in [6, 6.07) is 6.04. The summed E-state index contributed by atoms with van der Waals surface area (Å²) in [5.41, 5.74) is 2.99. The molecule has 1 aliphatic heterocycles. The van der Waals surface area contributed by atoms with E-state index in [1.165, 1.54) is 0 Å². The first kappa shape index (κ1) is 15.7. The number of nitrogens with one attached hydrogen (secondary N) is 2. The smallest absolute Gasteiger partial charge is 0.317 e. The number of imidazole rings is 1. The van der Waals surface area contributed by atoms with Gasteiger partial charge in [0, 0.05) is 43.7 Å². The summed E-state index contributed by atoms with van der Waals surface area (Å²) in [4.78, 5) is 19.1. The van der Waals surface area contributed by atoms with Crippen LogP contribution in [-0.2, 0) is 6.42 Å². The molecular weight excluding hydrogens is 316 g/mol. The highest BCUT2D eigenvalue weighted by atomic mass is 16.2. The van der Waals surface area contributed by atoms with Crippen molar-refractivity contribution in [3.05, 3.63) is 54.2 Å². The van der Waals surface area contributed by atoms with Crippen LogP contribution in [-0.4, -0.2) is 43.6 Å². The number of hydrogen-bond acceptors (Lipinski definition) is 3. The van der Waals surface area contributed by atoms with Crippen LogP contribution in [0.5, 0.6) is 0 Å². The third-order valence-corrected chi connectivity index (χ3v) is 4.74. The number of nitrogens with zero attached hydrogens (tertiary/aromatic N) is 4. The van der Waals surface area contributed by atoms with E-state index in [1.54, 1.807) is 0 Å². The molecule has 0 bridgehead atoms. The molecule has 4 heterocycles. The molecule has 2 amide bonds. The number of likely N-dealkylation sites (tertiary alicyclic amines) is 1. The lowest BCUT2D eigenvalue weighted by Gasteiger charge is -2.35. The van der Waals surface area contributed by atoms with E-state index in [0.29, 0.717) is 6.54 Å². The van der Waals surface area contributed by atoms with Crippen molar-refractivity contribution in [1.29, 1.82) is 0 Å². The van der Waals surface area contributed by atoms with Crippen LogP contribution in [0.15, 0.2) is 43.0 Å². The fourth-order valence-corrected chi connectivity index (χ4v) is 3.47. The normalized spacial score (nSPS) is 17.8. The molecule has 1 fully saturated rings. The SMILES string of the molecule is O=C(NCCc1cn2ccccc2n1)N1CCCC[C@H]1c1cn[nH]c1. The van der Waals surface area contributed by atoms with Gasteiger partial charge in [0.1, 0.15) is 5.65 Å². The molecule has 7 nitrogen and oxygen atoms in total. The Kier molecular flexibility index (Phi) is 4.37. The van der Waals surface area contributed by atoms with Crippen molar-refractivity contribution in [2.75, 3.05) is 13.1 Å². The monoisotopic (exact) mass is 338 g/mol. The summed E-state index contributed by atoms with van der Waals surface area (Å²) in [5, 5.41) is 9.91. The van der Waals surface area contributed by atoms with Crippen LogP contribution in [0.3, 0.4) is 0 Å². The lowest BCUT2D eigenvalue weighted by Crippen LogP contribution is -2.45. The number of fused-ring (bicyclic) bond motifs is 1. The number of pyridine rings is 1. The Bertz CT molecular complexity index is 807. The van der Waals surface area contributed by atoms with Gasteiger partial charge in [-0.15, -0.1) is 0 Å². The van der Waals surface area contributed by atoms with E-state index in [-0.39, 0.29) is 12.1 Å². The number of aromatic nitrogens is 4. The molecule has 0 aromatic carbocycles. The first-order valence-electron chi connectivity index (χ1n) is 8.77. The molecule has 4 rings (SSSR count). The maximum atomic E-state index is 12.6. The van der Waals surface area contributed by atoms with Crippen molar-refractivity contribution in [3.63, 3.8) is 0 Å². The summed E-state index contributed by atoms with van der Waals surface area (Å²) < 4.78 is 2.00. The highest BCUT2D eigenvalue weighted by molar-refractivity contribution is 5.74. The van der Waals surface area contributed by atoms with E-state index in [1.807, 2.05) is 52.3 Å². The van der Waals surface area contributed by atoms with Gasteiger partial charge in [-0.2, -0.15) is 5.10 Å². The highest BCUT2D eigenvalue weighted by Gasteiger charge is 2.28. The summed E-state index contributed by atoms with van der Waals surface area (Å²) in [5.74, 6) is 0. The van der Waals surface area contributed by atoms with E-state index < -0.39 is 0 Å². The lowest BCUT2D eigenvalue weighted by molar-refractivity contribution is 0.151. The minimum atomic E-state index is -0.00494. The molecule has 0 saturated carbocycles. The van der Waals surface area contributed by atoms with Gasteiger partial charge < -0.3 is 14.6 Å². The fourth-order valence-electron chi connectivity index (χ4n) is 3.47. The van der Waals surface area contributed by atoms with E-state index in [4.69, 9.17) is 0 Å². The van der Waals surface area contributed by atoms with Crippen molar-refractivity contribution < 1.29 is 4.79 Å². The molecular formula is C18H22N6O. The summed E-state index contributed by atoms with van der Waals surface area (Å²) >= 11 is 0. The molecule has 3 aromatic heterocycles. The van der Waals surface area contributed by atoms with E-state index in [9.17, 15) is 4.79 Å². The Morgan fingerprint density at radius 3 is 3.16 bits per heavy atom. The first-order chi connectivity index (χ1) is 12.3. The molecule has 0 spiro atoms. The van der Waals surface area contributed by atoms with Gasteiger partial charge in [0.05, 0.1) is 17.9 Å². The number of carbonyl (C=O) groups is 1. The van der Waals surface area contributed by atoms with Crippen LogP contribution in [0.2, 0.25) is 0 Å². The van der Waals surface area contributed by atoms with Crippen LogP contribution in [0.25, 0.3) is 5.65 Å². The van der Waals surface area contributed by atoms with Gasteiger partial charge >= 0.3 is 6.03 Å². The molecule has 2 N–H and O–H groups in total. The van der Waals surface area contributed by atoms with Gasteiger partial charge in [0.15, 0.2) is 0 Å². The minimum Gasteiger partial charge on any atom is -0.338 e. The number of amides is 2. The third-order valence-electron chi connectivity index (χ3n) is 4.74. The molecule has 0 radical (unpaired) electrons. The number of H-pyrrole nitrogens is 1. The second kappa shape index (κ2) is 6.96. The maximum Gasteiger partial charge on any atom is 0.317 e. The first-order valence-corrected chi connectivity index (χ1v) is 8.77. The van der Waals surface area contributed by atoms with E-state index in [0.717, 1.165) is 49.1 Å². The van der Waals surface area contributed by atoms with Gasteiger partial charge in [0.25, 0.3) is 0 Å². The average Bonchev–Trinajstić information content (AvgIpc) is 3.31. The zero-order chi connectivity index (χ0) is 17.1. The number of hydrogen-bond donors (Lipinski definition) is 2. The van der Waals surface area contributed by atoms with E-state index >= 15 is 0 Å². The van der Waals surface area contributed by atoms with Crippen LogP contribution < -0.4 is 5.32 Å². The molecule has 0 aliphatic carbocycles. The van der Waals surface area contributed by atoms with Crippen LogP contribution in [0, 0.1) is 0 Å². The highest BCUT2D eigenvalue weighted by Crippen LogP contribution is 2.30. The van der Waals surface area contributed by atoms with Gasteiger partial charge in [0.2, 0.25) is 0 Å². The lowest BCUT2D eigenvalue weighted by atomic mass is 9.98. The predicted octanol–water partition coefficient (Wildman–Crippen LogP) is 2.54. The maximum absolute atomic E-state index is 12.6. The Balaban J connectivity index is 1.36. The predicted molar refractivity (Wildman–Crippen MR) is 94.2 cm³/mol.